The van der Waals surface area contributed by atoms with Crippen molar-refractivity contribution in [3.05, 3.63) is 23.8 Å². The molecule has 0 radical (unpaired) electrons. The molecule has 0 aliphatic rings. The monoisotopic (exact) mass is 240 g/mol. The van der Waals surface area contributed by atoms with Gasteiger partial charge in [0.1, 0.15) is 18.1 Å². The van der Waals surface area contributed by atoms with Crippen LogP contribution in [-0.4, -0.2) is 31.5 Å². The van der Waals surface area contributed by atoms with Gasteiger partial charge >= 0.3 is 6.09 Å². The molecule has 0 aromatic heterocycles. The average Bonchev–Trinajstić information content (AvgIpc) is 2.30. The normalized spacial score (nSPS) is 9.94. The van der Waals surface area contributed by atoms with E-state index in [-0.39, 0.29) is 12.4 Å². The maximum Gasteiger partial charge on any atom is 0.404 e. The van der Waals surface area contributed by atoms with Crippen molar-refractivity contribution in [2.45, 2.75) is 6.54 Å². The van der Waals surface area contributed by atoms with Crippen molar-refractivity contribution in [3.8, 4) is 11.5 Å². The number of hydrogen-bond donors (Lipinski definition) is 3. The SMILES string of the molecule is COc1ccc(CNCCOC(N)=O)c(O)c1. The summed E-state index contributed by atoms with van der Waals surface area (Å²) in [5.74, 6) is 0.760. The standard InChI is InChI=1S/C11H16N2O4/c1-16-9-3-2-8(10(14)6-9)7-13-4-5-17-11(12)15/h2-3,6,13-14H,4-5,7H2,1H3,(H2,12,15). The van der Waals surface area contributed by atoms with E-state index < -0.39 is 6.09 Å². The first-order valence-electron chi connectivity index (χ1n) is 5.12. The molecule has 4 N–H and O–H groups in total. The number of hydrogen-bond acceptors (Lipinski definition) is 5. The van der Waals surface area contributed by atoms with Gasteiger partial charge in [-0.3, -0.25) is 0 Å². The quantitative estimate of drug-likeness (QED) is 0.632. The number of phenols is 1. The summed E-state index contributed by atoms with van der Waals surface area (Å²) in [6.45, 7) is 1.14. The fourth-order valence-electron chi connectivity index (χ4n) is 1.27. The number of rotatable bonds is 6. The second-order valence-electron chi connectivity index (χ2n) is 3.34. The molecule has 0 spiro atoms. The van der Waals surface area contributed by atoms with Crippen LogP contribution in [-0.2, 0) is 11.3 Å². The molecule has 0 aliphatic carbocycles. The van der Waals surface area contributed by atoms with Crippen molar-refractivity contribution >= 4 is 6.09 Å². The molecule has 0 aliphatic heterocycles. The predicted octanol–water partition coefficient (Wildman–Crippen LogP) is 0.586. The van der Waals surface area contributed by atoms with E-state index in [2.05, 4.69) is 10.1 Å². The highest BCUT2D eigenvalue weighted by molar-refractivity contribution is 5.64. The molecular formula is C11H16N2O4. The third-order valence-electron chi connectivity index (χ3n) is 2.13. The van der Waals surface area contributed by atoms with E-state index in [4.69, 9.17) is 10.5 Å². The van der Waals surface area contributed by atoms with Gasteiger partial charge in [-0.2, -0.15) is 0 Å². The molecule has 0 unspecified atom stereocenters. The van der Waals surface area contributed by atoms with Gasteiger partial charge in [-0.1, -0.05) is 6.07 Å². The molecule has 0 bridgehead atoms. The molecule has 1 aromatic rings. The maximum absolute atomic E-state index is 10.3. The number of ether oxygens (including phenoxy) is 2. The second-order valence-corrected chi connectivity index (χ2v) is 3.34. The minimum Gasteiger partial charge on any atom is -0.507 e. The van der Waals surface area contributed by atoms with Gasteiger partial charge in [-0.05, 0) is 6.07 Å². The number of aromatic hydroxyl groups is 1. The first kappa shape index (κ1) is 13.1. The van der Waals surface area contributed by atoms with Crippen LogP contribution in [0.5, 0.6) is 11.5 Å². The molecule has 0 heterocycles. The smallest absolute Gasteiger partial charge is 0.404 e. The number of carbonyl (C=O) groups is 1. The topological polar surface area (TPSA) is 93.8 Å². The van der Waals surface area contributed by atoms with Crippen LogP contribution in [0.3, 0.4) is 0 Å². The Balaban J connectivity index is 2.34. The van der Waals surface area contributed by atoms with E-state index in [0.29, 0.717) is 18.8 Å². The minimum atomic E-state index is -0.793. The highest BCUT2D eigenvalue weighted by atomic mass is 16.5. The second kappa shape index (κ2) is 6.59. The summed E-state index contributed by atoms with van der Waals surface area (Å²) in [5, 5.41) is 12.6. The van der Waals surface area contributed by atoms with Crippen LogP contribution in [0.25, 0.3) is 0 Å². The Labute approximate surface area is 99.3 Å². The number of amides is 1. The molecule has 1 rings (SSSR count). The molecule has 0 atom stereocenters. The van der Waals surface area contributed by atoms with Gasteiger partial charge in [0.2, 0.25) is 0 Å². The lowest BCUT2D eigenvalue weighted by molar-refractivity contribution is 0.157. The van der Waals surface area contributed by atoms with Crippen molar-refractivity contribution in [2.75, 3.05) is 20.3 Å². The van der Waals surface area contributed by atoms with Gasteiger partial charge in [-0.15, -0.1) is 0 Å². The molecule has 0 fully saturated rings. The van der Waals surface area contributed by atoms with Gasteiger partial charge in [-0.25, -0.2) is 4.79 Å². The van der Waals surface area contributed by atoms with E-state index in [1.54, 1.807) is 12.1 Å². The van der Waals surface area contributed by atoms with E-state index >= 15 is 0 Å². The van der Waals surface area contributed by atoms with Crippen LogP contribution in [0.15, 0.2) is 18.2 Å². The minimum absolute atomic E-state index is 0.160. The fourth-order valence-corrected chi connectivity index (χ4v) is 1.27. The lowest BCUT2D eigenvalue weighted by Gasteiger charge is -2.08. The lowest BCUT2D eigenvalue weighted by Crippen LogP contribution is -2.23. The number of primary amides is 1. The number of nitrogens with two attached hydrogens (primary N) is 1. The van der Waals surface area contributed by atoms with Gasteiger partial charge in [0, 0.05) is 24.7 Å². The Hall–Kier alpha value is -1.95. The van der Waals surface area contributed by atoms with E-state index in [0.717, 1.165) is 5.56 Å². The molecule has 17 heavy (non-hydrogen) atoms. The zero-order valence-corrected chi connectivity index (χ0v) is 9.60. The molecule has 0 saturated carbocycles. The average molecular weight is 240 g/mol. The van der Waals surface area contributed by atoms with Gasteiger partial charge in [0.15, 0.2) is 0 Å². The molecule has 6 nitrogen and oxygen atoms in total. The van der Waals surface area contributed by atoms with E-state index in [1.807, 2.05) is 0 Å². The van der Waals surface area contributed by atoms with Crippen LogP contribution >= 0.6 is 0 Å². The summed E-state index contributed by atoms with van der Waals surface area (Å²) in [4.78, 5) is 10.3. The predicted molar refractivity (Wildman–Crippen MR) is 61.9 cm³/mol. The molecule has 94 valence electrons. The fraction of sp³-hybridized carbons (Fsp3) is 0.364. The lowest BCUT2D eigenvalue weighted by atomic mass is 10.2. The first-order chi connectivity index (χ1) is 8.13. The summed E-state index contributed by atoms with van der Waals surface area (Å²) in [6, 6.07) is 5.06. The number of carbonyl (C=O) groups excluding carboxylic acids is 1. The van der Waals surface area contributed by atoms with Crippen molar-refractivity contribution in [1.29, 1.82) is 0 Å². The van der Waals surface area contributed by atoms with Crippen molar-refractivity contribution < 1.29 is 19.4 Å². The molecule has 1 aromatic carbocycles. The summed E-state index contributed by atoms with van der Waals surface area (Å²) in [5.41, 5.74) is 5.54. The van der Waals surface area contributed by atoms with Crippen molar-refractivity contribution in [3.63, 3.8) is 0 Å². The Morgan fingerprint density at radius 2 is 2.29 bits per heavy atom. The van der Waals surface area contributed by atoms with E-state index in [9.17, 15) is 9.90 Å². The molecule has 0 saturated heterocycles. The van der Waals surface area contributed by atoms with Gasteiger partial charge < -0.3 is 25.6 Å². The molecular weight excluding hydrogens is 224 g/mol. The first-order valence-corrected chi connectivity index (χ1v) is 5.12. The van der Waals surface area contributed by atoms with Gasteiger partial charge in [0.25, 0.3) is 0 Å². The summed E-state index contributed by atoms with van der Waals surface area (Å²) in [6.07, 6.45) is -0.793. The highest BCUT2D eigenvalue weighted by Gasteiger charge is 2.02. The molecule has 6 heteroatoms. The van der Waals surface area contributed by atoms with Crippen molar-refractivity contribution in [1.82, 2.24) is 5.32 Å². The Morgan fingerprint density at radius 1 is 1.53 bits per heavy atom. The van der Waals surface area contributed by atoms with Crippen molar-refractivity contribution in [2.24, 2.45) is 5.73 Å². The third-order valence-corrected chi connectivity index (χ3v) is 2.13. The van der Waals surface area contributed by atoms with E-state index in [1.165, 1.54) is 13.2 Å². The third kappa shape index (κ3) is 4.60. The van der Waals surface area contributed by atoms with Crippen LogP contribution < -0.4 is 15.8 Å². The number of benzene rings is 1. The number of methoxy groups -OCH3 is 1. The zero-order chi connectivity index (χ0) is 12.7. The number of nitrogens with one attached hydrogen (secondary N) is 1. The Kier molecular flexibility index (Phi) is 5.09. The zero-order valence-electron chi connectivity index (χ0n) is 9.60. The van der Waals surface area contributed by atoms with Gasteiger partial charge in [0.05, 0.1) is 7.11 Å². The van der Waals surface area contributed by atoms with Crippen LogP contribution in [0.4, 0.5) is 4.79 Å². The number of phenolic OH excluding ortho intramolecular Hbond substituents is 1. The highest BCUT2D eigenvalue weighted by Crippen LogP contribution is 2.22. The molecule has 1 amide bonds. The summed E-state index contributed by atoms with van der Waals surface area (Å²) in [7, 11) is 1.54. The summed E-state index contributed by atoms with van der Waals surface area (Å²) < 4.78 is 9.51. The van der Waals surface area contributed by atoms with Crippen LogP contribution in [0, 0.1) is 0 Å². The Bertz CT molecular complexity index is 382. The van der Waals surface area contributed by atoms with Crippen LogP contribution in [0.2, 0.25) is 0 Å². The maximum atomic E-state index is 10.3. The van der Waals surface area contributed by atoms with Crippen LogP contribution in [0.1, 0.15) is 5.56 Å². The Morgan fingerprint density at radius 3 is 2.88 bits per heavy atom. The largest absolute Gasteiger partial charge is 0.507 e. The summed E-state index contributed by atoms with van der Waals surface area (Å²) >= 11 is 0.